The lowest BCUT2D eigenvalue weighted by atomic mass is 9.48. The van der Waals surface area contributed by atoms with Crippen LogP contribution in [0.3, 0.4) is 0 Å². The summed E-state index contributed by atoms with van der Waals surface area (Å²) in [6.45, 7) is 5.74. The minimum atomic E-state index is -0.331. The van der Waals surface area contributed by atoms with Crippen LogP contribution in [0.15, 0.2) is 48.5 Å². The number of amides is 1. The maximum Gasteiger partial charge on any atom is 0.254 e. The van der Waals surface area contributed by atoms with Crippen LogP contribution in [0.2, 0.25) is 0 Å². The Morgan fingerprint density at radius 3 is 2.42 bits per heavy atom. The molecule has 1 aliphatic carbocycles. The molecule has 1 saturated carbocycles. The zero-order chi connectivity index (χ0) is 18.5. The molecule has 2 aromatic carbocycles. The number of likely N-dealkylation sites (tertiary alicyclic amines) is 1. The van der Waals surface area contributed by atoms with Gasteiger partial charge in [0.1, 0.15) is 5.82 Å². The van der Waals surface area contributed by atoms with Crippen LogP contribution in [0.25, 0.3) is 11.1 Å². The number of carbonyl (C=O) groups is 1. The number of carbonyl (C=O) groups excluding carboxylic acids is 1. The van der Waals surface area contributed by atoms with E-state index in [4.69, 9.17) is 0 Å². The van der Waals surface area contributed by atoms with Crippen molar-refractivity contribution in [2.24, 2.45) is 16.7 Å². The summed E-state index contributed by atoms with van der Waals surface area (Å²) in [6, 6.07) is 13.7. The zero-order valence-electron chi connectivity index (χ0n) is 15.2. The van der Waals surface area contributed by atoms with Crippen molar-refractivity contribution in [2.75, 3.05) is 19.7 Å². The molecule has 2 atom stereocenters. The number of benzene rings is 2. The van der Waals surface area contributed by atoms with Gasteiger partial charge in [-0.25, -0.2) is 4.39 Å². The van der Waals surface area contributed by atoms with E-state index in [1.54, 1.807) is 30.3 Å². The van der Waals surface area contributed by atoms with Gasteiger partial charge in [0.15, 0.2) is 0 Å². The molecule has 1 heterocycles. The van der Waals surface area contributed by atoms with Gasteiger partial charge in [0.2, 0.25) is 0 Å². The van der Waals surface area contributed by atoms with Crippen LogP contribution < -0.4 is 0 Å². The first-order valence-corrected chi connectivity index (χ1v) is 9.12. The van der Waals surface area contributed by atoms with E-state index in [-0.39, 0.29) is 29.2 Å². The van der Waals surface area contributed by atoms with Crippen molar-refractivity contribution >= 4 is 5.91 Å². The third-order valence-electron chi connectivity index (χ3n) is 6.32. The number of nitrogens with zero attached hydrogens (tertiary/aromatic N) is 1. The first kappa shape index (κ1) is 17.2. The van der Waals surface area contributed by atoms with E-state index in [1.807, 2.05) is 17.0 Å². The van der Waals surface area contributed by atoms with Crippen molar-refractivity contribution in [1.82, 2.24) is 4.90 Å². The topological polar surface area (TPSA) is 40.5 Å². The molecule has 1 N–H and O–H groups in total. The molecule has 0 spiro atoms. The lowest BCUT2D eigenvalue weighted by Crippen LogP contribution is -2.54. The predicted molar refractivity (Wildman–Crippen MR) is 99.1 cm³/mol. The maximum atomic E-state index is 14.3. The molecule has 1 saturated heterocycles. The number of halogens is 1. The fraction of sp³-hybridized carbons (Fsp3) is 0.409. The van der Waals surface area contributed by atoms with E-state index >= 15 is 0 Å². The van der Waals surface area contributed by atoms with Crippen molar-refractivity contribution in [1.29, 1.82) is 0 Å². The average Bonchev–Trinajstić information content (AvgIpc) is 2.97. The highest BCUT2D eigenvalue weighted by molar-refractivity contribution is 6.01. The smallest absolute Gasteiger partial charge is 0.254 e. The van der Waals surface area contributed by atoms with Gasteiger partial charge >= 0.3 is 0 Å². The second-order valence-corrected chi connectivity index (χ2v) is 8.45. The maximum absolute atomic E-state index is 14.3. The van der Waals surface area contributed by atoms with Crippen LogP contribution in [0.4, 0.5) is 4.39 Å². The Kier molecular flexibility index (Phi) is 3.92. The average molecular weight is 353 g/mol. The summed E-state index contributed by atoms with van der Waals surface area (Å²) in [5.41, 5.74) is 1.54. The van der Waals surface area contributed by atoms with E-state index in [9.17, 15) is 14.3 Å². The lowest BCUT2D eigenvalue weighted by molar-refractivity contribution is -0.0976. The molecule has 4 heteroatoms. The van der Waals surface area contributed by atoms with Crippen molar-refractivity contribution in [2.45, 2.75) is 20.3 Å². The Morgan fingerprint density at radius 2 is 1.81 bits per heavy atom. The molecule has 2 fully saturated rings. The van der Waals surface area contributed by atoms with Crippen LogP contribution in [0, 0.1) is 22.6 Å². The Morgan fingerprint density at radius 1 is 1.15 bits per heavy atom. The van der Waals surface area contributed by atoms with Crippen LogP contribution in [0.5, 0.6) is 0 Å². The number of hydrogen-bond acceptors (Lipinski definition) is 2. The van der Waals surface area contributed by atoms with Gasteiger partial charge in [-0.15, -0.1) is 0 Å². The molecular formula is C22H24FNO2. The van der Waals surface area contributed by atoms with Gasteiger partial charge in [0.05, 0.1) is 6.61 Å². The number of fused-ring (bicyclic) bond motifs is 1. The lowest BCUT2D eigenvalue weighted by Gasteiger charge is -2.55. The molecule has 0 aromatic heterocycles. The van der Waals surface area contributed by atoms with Gasteiger partial charge in [0.25, 0.3) is 5.91 Å². The van der Waals surface area contributed by atoms with Crippen LogP contribution in [-0.4, -0.2) is 35.6 Å². The van der Waals surface area contributed by atoms with E-state index in [2.05, 4.69) is 13.8 Å². The van der Waals surface area contributed by atoms with Gasteiger partial charge < -0.3 is 10.0 Å². The van der Waals surface area contributed by atoms with Gasteiger partial charge in [-0.2, -0.15) is 0 Å². The minimum absolute atomic E-state index is 0.0816. The number of aliphatic hydroxyl groups is 1. The third-order valence-corrected chi connectivity index (χ3v) is 6.32. The second-order valence-electron chi connectivity index (χ2n) is 8.45. The Labute approximate surface area is 153 Å². The summed E-state index contributed by atoms with van der Waals surface area (Å²) in [5.74, 6) is -0.103. The fourth-order valence-electron chi connectivity index (χ4n) is 5.25. The molecule has 136 valence electrons. The van der Waals surface area contributed by atoms with Crippen molar-refractivity contribution in [3.8, 4) is 11.1 Å². The van der Waals surface area contributed by atoms with Crippen LogP contribution in [-0.2, 0) is 0 Å². The monoisotopic (exact) mass is 353 g/mol. The SMILES string of the molecule is CC1(C)C[C@]2(CO)CN(C(=O)c3ccccc3-c3ccccc3F)C[C@H]12. The third kappa shape index (κ3) is 2.47. The first-order valence-electron chi connectivity index (χ1n) is 9.12. The molecule has 1 aliphatic heterocycles. The molecule has 2 aromatic rings. The number of hydrogen-bond donors (Lipinski definition) is 1. The predicted octanol–water partition coefficient (Wildman–Crippen LogP) is 3.97. The summed E-state index contributed by atoms with van der Waals surface area (Å²) in [4.78, 5) is 15.1. The molecule has 26 heavy (non-hydrogen) atoms. The Bertz CT molecular complexity index is 863. The summed E-state index contributed by atoms with van der Waals surface area (Å²) in [6.07, 6.45) is 0.930. The molecular weight excluding hydrogens is 329 g/mol. The first-order chi connectivity index (χ1) is 12.4. The van der Waals surface area contributed by atoms with Gasteiger partial charge in [-0.05, 0) is 35.4 Å². The van der Waals surface area contributed by atoms with E-state index in [0.29, 0.717) is 35.7 Å². The molecule has 0 bridgehead atoms. The van der Waals surface area contributed by atoms with E-state index in [1.165, 1.54) is 6.07 Å². The van der Waals surface area contributed by atoms with Crippen LogP contribution in [0.1, 0.15) is 30.6 Å². The standard InChI is InChI=1S/C22H24FNO2/c1-21(2)12-22(14-25)13-24(11-19(21)22)20(26)17-9-4-3-7-15(17)16-8-5-6-10-18(16)23/h3-10,19,25H,11-14H2,1-2H3/t19-,22-/m1/s1. The zero-order valence-corrected chi connectivity index (χ0v) is 15.2. The van der Waals surface area contributed by atoms with Crippen molar-refractivity contribution in [3.63, 3.8) is 0 Å². The minimum Gasteiger partial charge on any atom is -0.396 e. The molecule has 4 rings (SSSR count). The largest absolute Gasteiger partial charge is 0.396 e. The van der Waals surface area contributed by atoms with Crippen molar-refractivity contribution in [3.05, 3.63) is 59.9 Å². The fourth-order valence-corrected chi connectivity index (χ4v) is 5.25. The van der Waals surface area contributed by atoms with E-state index in [0.717, 1.165) is 6.42 Å². The molecule has 0 radical (unpaired) electrons. The number of rotatable bonds is 3. The molecule has 0 unspecified atom stereocenters. The van der Waals surface area contributed by atoms with Gasteiger partial charge in [0, 0.05) is 29.6 Å². The van der Waals surface area contributed by atoms with E-state index < -0.39 is 0 Å². The summed E-state index contributed by atoms with van der Waals surface area (Å²) in [5, 5.41) is 9.93. The van der Waals surface area contributed by atoms with Crippen molar-refractivity contribution < 1.29 is 14.3 Å². The normalized spacial score (nSPS) is 26.3. The summed E-state index contributed by atoms with van der Waals surface area (Å²) >= 11 is 0. The van der Waals surface area contributed by atoms with Gasteiger partial charge in [-0.3, -0.25) is 4.79 Å². The molecule has 3 nitrogen and oxygen atoms in total. The summed E-state index contributed by atoms with van der Waals surface area (Å²) in [7, 11) is 0. The summed E-state index contributed by atoms with van der Waals surface area (Å²) < 4.78 is 14.3. The van der Waals surface area contributed by atoms with Crippen LogP contribution >= 0.6 is 0 Å². The quantitative estimate of drug-likeness (QED) is 0.907. The highest BCUT2D eigenvalue weighted by atomic mass is 19.1. The van der Waals surface area contributed by atoms with Gasteiger partial charge in [-0.1, -0.05) is 50.2 Å². The molecule has 2 aliphatic rings. The highest BCUT2D eigenvalue weighted by Crippen LogP contribution is 2.62. The highest BCUT2D eigenvalue weighted by Gasteiger charge is 2.63. The molecule has 1 amide bonds. The number of aliphatic hydroxyl groups excluding tert-OH is 1. The Balaban J connectivity index is 1.68. The second kappa shape index (κ2) is 5.92. The Hall–Kier alpha value is -2.20.